The van der Waals surface area contributed by atoms with Crippen molar-refractivity contribution in [3.63, 3.8) is 0 Å². The van der Waals surface area contributed by atoms with Gasteiger partial charge in [-0.1, -0.05) is 45.0 Å². The molecule has 0 unspecified atom stereocenters. The molecular weight excluding hydrogens is 335 g/mol. The highest BCUT2D eigenvalue weighted by atomic mass is 32.1. The molecule has 1 aliphatic rings. The summed E-state index contributed by atoms with van der Waals surface area (Å²) in [6.45, 7) is 6.46. The van der Waals surface area contributed by atoms with E-state index < -0.39 is 0 Å². The van der Waals surface area contributed by atoms with Gasteiger partial charge in [-0.15, -0.1) is 0 Å². The van der Waals surface area contributed by atoms with Crippen LogP contribution in [-0.2, 0) is 10.2 Å². The van der Waals surface area contributed by atoms with Gasteiger partial charge in [0.25, 0.3) is 5.91 Å². The number of thiocarbonyl (C=S) groups is 1. The number of rotatable bonds is 2. The largest absolute Gasteiger partial charge is 0.327 e. The zero-order chi connectivity index (χ0) is 18.2. The van der Waals surface area contributed by atoms with Crippen molar-refractivity contribution < 1.29 is 9.18 Å². The maximum absolute atomic E-state index is 13.1. The Balaban J connectivity index is 1.86. The number of carbonyl (C=O) groups excluding carboxylic acids is 1. The zero-order valence-corrected chi connectivity index (χ0v) is 15.2. The summed E-state index contributed by atoms with van der Waals surface area (Å²) in [6.07, 6.45) is 1.77. The summed E-state index contributed by atoms with van der Waals surface area (Å²) in [5.41, 5.74) is 3.15. The summed E-state index contributed by atoms with van der Waals surface area (Å²) in [4.78, 5) is 14.0. The van der Waals surface area contributed by atoms with Gasteiger partial charge in [0.2, 0.25) is 0 Å². The number of anilines is 1. The molecule has 0 spiro atoms. The number of carbonyl (C=O) groups is 1. The molecule has 3 nitrogen and oxygen atoms in total. The lowest BCUT2D eigenvalue weighted by Crippen LogP contribution is -2.30. The molecule has 25 heavy (non-hydrogen) atoms. The van der Waals surface area contributed by atoms with Gasteiger partial charge >= 0.3 is 0 Å². The fourth-order valence-electron chi connectivity index (χ4n) is 2.61. The Morgan fingerprint density at radius 2 is 1.64 bits per heavy atom. The quantitative estimate of drug-likeness (QED) is 0.641. The average molecular weight is 354 g/mol. The van der Waals surface area contributed by atoms with Crippen molar-refractivity contribution in [3.8, 4) is 0 Å². The highest BCUT2D eigenvalue weighted by Crippen LogP contribution is 2.25. The number of amides is 1. The minimum Gasteiger partial charge on any atom is -0.327 e. The second-order valence-corrected chi connectivity index (χ2v) is 7.36. The number of hydrogen-bond acceptors (Lipinski definition) is 2. The van der Waals surface area contributed by atoms with Crippen LogP contribution >= 0.6 is 12.2 Å². The molecule has 5 heteroatoms. The highest BCUT2D eigenvalue weighted by Gasteiger charge is 2.31. The molecule has 1 fully saturated rings. The minimum atomic E-state index is -0.357. The van der Waals surface area contributed by atoms with Crippen molar-refractivity contribution >= 4 is 35.0 Å². The third kappa shape index (κ3) is 3.61. The van der Waals surface area contributed by atoms with Crippen molar-refractivity contribution in [1.82, 2.24) is 5.32 Å². The third-order valence-electron chi connectivity index (χ3n) is 4.05. The predicted molar refractivity (Wildman–Crippen MR) is 103 cm³/mol. The van der Waals surface area contributed by atoms with E-state index in [4.69, 9.17) is 12.2 Å². The van der Waals surface area contributed by atoms with Crippen LogP contribution in [0.3, 0.4) is 0 Å². The fourth-order valence-corrected chi connectivity index (χ4v) is 2.90. The Morgan fingerprint density at radius 3 is 2.20 bits per heavy atom. The smallest absolute Gasteiger partial charge is 0.281 e. The van der Waals surface area contributed by atoms with Crippen LogP contribution in [0.25, 0.3) is 6.08 Å². The zero-order valence-electron chi connectivity index (χ0n) is 14.3. The van der Waals surface area contributed by atoms with E-state index in [0.717, 1.165) is 5.56 Å². The van der Waals surface area contributed by atoms with Crippen LogP contribution in [0.1, 0.15) is 31.9 Å². The lowest BCUT2D eigenvalue weighted by molar-refractivity contribution is -0.113. The average Bonchev–Trinajstić information content (AvgIpc) is 2.82. The molecule has 128 valence electrons. The standard InChI is InChI=1S/C20H19FN2OS/c1-20(2,3)14-6-4-13(5-7-14)12-17-18(24)23(19(25)22-17)16-10-8-15(21)9-11-16/h4-12H,1-3H3,(H,22,25)/b17-12+. The lowest BCUT2D eigenvalue weighted by Gasteiger charge is -2.18. The molecule has 0 bridgehead atoms. The Labute approximate surface area is 152 Å². The molecule has 0 saturated carbocycles. The van der Waals surface area contributed by atoms with Crippen molar-refractivity contribution in [2.24, 2.45) is 0 Å². The summed E-state index contributed by atoms with van der Waals surface area (Å²) >= 11 is 5.25. The lowest BCUT2D eigenvalue weighted by atomic mass is 9.87. The maximum Gasteiger partial charge on any atom is 0.281 e. The topological polar surface area (TPSA) is 32.3 Å². The number of nitrogens with one attached hydrogen (secondary N) is 1. The first-order valence-corrected chi connectivity index (χ1v) is 8.40. The van der Waals surface area contributed by atoms with Crippen LogP contribution in [0.5, 0.6) is 0 Å². The first kappa shape index (κ1) is 17.3. The predicted octanol–water partition coefficient (Wildman–Crippen LogP) is 4.39. The summed E-state index contributed by atoms with van der Waals surface area (Å²) in [5, 5.41) is 3.22. The van der Waals surface area contributed by atoms with Crippen molar-refractivity contribution in [2.45, 2.75) is 26.2 Å². The van der Waals surface area contributed by atoms with Crippen LogP contribution in [0.15, 0.2) is 54.2 Å². The molecule has 1 amide bonds. The summed E-state index contributed by atoms with van der Waals surface area (Å²) in [5.74, 6) is -0.611. The van der Waals surface area contributed by atoms with E-state index in [2.05, 4.69) is 38.2 Å². The SMILES string of the molecule is CC(C)(C)c1ccc(/C=C2/NC(=S)N(c3ccc(F)cc3)C2=O)cc1. The maximum atomic E-state index is 13.1. The van der Waals surface area contributed by atoms with Crippen LogP contribution < -0.4 is 10.2 Å². The summed E-state index contributed by atoms with van der Waals surface area (Å²) in [6, 6.07) is 13.7. The van der Waals surface area contributed by atoms with E-state index in [1.54, 1.807) is 6.08 Å². The Hall–Kier alpha value is -2.53. The second-order valence-electron chi connectivity index (χ2n) is 6.98. The van der Waals surface area contributed by atoms with E-state index in [1.807, 2.05) is 12.1 Å². The summed E-state index contributed by atoms with van der Waals surface area (Å²) < 4.78 is 13.1. The van der Waals surface area contributed by atoms with E-state index in [0.29, 0.717) is 11.4 Å². The minimum absolute atomic E-state index is 0.0774. The number of halogens is 1. The van der Waals surface area contributed by atoms with Gasteiger partial charge in [0.05, 0.1) is 5.69 Å². The van der Waals surface area contributed by atoms with Crippen LogP contribution in [-0.4, -0.2) is 11.0 Å². The molecule has 1 N–H and O–H groups in total. The third-order valence-corrected chi connectivity index (χ3v) is 4.34. The van der Waals surface area contributed by atoms with Gasteiger partial charge in [-0.05, 0) is 59.1 Å². The van der Waals surface area contributed by atoms with Gasteiger partial charge in [0.1, 0.15) is 11.5 Å². The van der Waals surface area contributed by atoms with Gasteiger partial charge < -0.3 is 5.32 Å². The second kappa shape index (κ2) is 6.41. The van der Waals surface area contributed by atoms with Gasteiger partial charge in [0, 0.05) is 0 Å². The van der Waals surface area contributed by atoms with Crippen molar-refractivity contribution in [1.29, 1.82) is 0 Å². The molecule has 0 aliphatic carbocycles. The van der Waals surface area contributed by atoms with Gasteiger partial charge in [0.15, 0.2) is 5.11 Å². The molecule has 3 rings (SSSR count). The Bertz CT molecular complexity index is 849. The van der Waals surface area contributed by atoms with Crippen LogP contribution in [0.4, 0.5) is 10.1 Å². The van der Waals surface area contributed by atoms with E-state index in [1.165, 1.54) is 34.7 Å². The van der Waals surface area contributed by atoms with Gasteiger partial charge in [-0.3, -0.25) is 9.69 Å². The van der Waals surface area contributed by atoms with E-state index in [-0.39, 0.29) is 22.3 Å². The van der Waals surface area contributed by atoms with Crippen LogP contribution in [0.2, 0.25) is 0 Å². The Kier molecular flexibility index (Phi) is 4.43. The molecular formula is C20H19FN2OS. The normalized spacial score (nSPS) is 16.5. The molecule has 2 aromatic carbocycles. The molecule has 0 radical (unpaired) electrons. The molecule has 1 aliphatic heterocycles. The molecule has 1 saturated heterocycles. The first-order chi connectivity index (χ1) is 11.8. The molecule has 2 aromatic rings. The molecule has 0 aromatic heterocycles. The molecule has 1 heterocycles. The van der Waals surface area contributed by atoms with Gasteiger partial charge in [-0.2, -0.15) is 0 Å². The van der Waals surface area contributed by atoms with E-state index in [9.17, 15) is 9.18 Å². The first-order valence-electron chi connectivity index (χ1n) is 7.99. The highest BCUT2D eigenvalue weighted by molar-refractivity contribution is 7.80. The van der Waals surface area contributed by atoms with Crippen molar-refractivity contribution in [3.05, 3.63) is 71.2 Å². The molecule has 0 atom stereocenters. The number of nitrogens with zero attached hydrogens (tertiary/aromatic N) is 1. The van der Waals surface area contributed by atoms with E-state index >= 15 is 0 Å². The Morgan fingerprint density at radius 1 is 1.04 bits per heavy atom. The number of benzene rings is 2. The van der Waals surface area contributed by atoms with Crippen molar-refractivity contribution in [2.75, 3.05) is 4.90 Å². The monoisotopic (exact) mass is 354 g/mol. The van der Waals surface area contributed by atoms with Crippen LogP contribution in [0, 0.1) is 5.82 Å². The summed E-state index contributed by atoms with van der Waals surface area (Å²) in [7, 11) is 0. The van der Waals surface area contributed by atoms with Gasteiger partial charge in [-0.25, -0.2) is 4.39 Å². The fraction of sp³-hybridized carbons (Fsp3) is 0.200. The number of hydrogen-bond donors (Lipinski definition) is 1.